The molecule has 0 N–H and O–H groups in total. The van der Waals surface area contributed by atoms with Crippen LogP contribution in [0.3, 0.4) is 0 Å². The lowest BCUT2D eigenvalue weighted by Crippen LogP contribution is -2.39. The zero-order valence-corrected chi connectivity index (χ0v) is 10.2. The van der Waals surface area contributed by atoms with Gasteiger partial charge in [0.1, 0.15) is 5.60 Å². The molecule has 0 atom stereocenters. The molecule has 0 heterocycles. The van der Waals surface area contributed by atoms with Crippen LogP contribution in [0.4, 0.5) is 0 Å². The van der Waals surface area contributed by atoms with Crippen LogP contribution < -0.4 is 0 Å². The first-order valence-corrected chi connectivity index (χ1v) is 5.68. The van der Waals surface area contributed by atoms with Gasteiger partial charge in [-0.25, -0.2) is 0 Å². The van der Waals surface area contributed by atoms with Crippen LogP contribution in [-0.4, -0.2) is 24.8 Å². The maximum atomic E-state index is 11.0. The van der Waals surface area contributed by atoms with Crippen LogP contribution in [0.25, 0.3) is 0 Å². The van der Waals surface area contributed by atoms with E-state index in [1.807, 2.05) is 13.8 Å². The number of hydrogen-bond donors (Lipinski definition) is 0. The standard InChI is InChI=1S/C12H22O3/c1-9(13)15-12(2,3)10-5-7-11(14-4)8-6-10/h10-11H,5-8H2,1-4H3. The zero-order valence-electron chi connectivity index (χ0n) is 10.2. The van der Waals surface area contributed by atoms with Crippen LogP contribution in [0.1, 0.15) is 46.5 Å². The minimum absolute atomic E-state index is 0.186. The third-order valence-corrected chi connectivity index (χ3v) is 3.40. The van der Waals surface area contributed by atoms with Crippen molar-refractivity contribution in [2.24, 2.45) is 5.92 Å². The third kappa shape index (κ3) is 3.49. The van der Waals surface area contributed by atoms with Gasteiger partial charge in [-0.15, -0.1) is 0 Å². The van der Waals surface area contributed by atoms with Gasteiger partial charge < -0.3 is 9.47 Å². The predicted molar refractivity (Wildman–Crippen MR) is 58.6 cm³/mol. The van der Waals surface area contributed by atoms with Crippen LogP contribution in [0.15, 0.2) is 0 Å². The van der Waals surface area contributed by atoms with Gasteiger partial charge in [-0.1, -0.05) is 0 Å². The van der Waals surface area contributed by atoms with Crippen molar-refractivity contribution in [1.82, 2.24) is 0 Å². The fraction of sp³-hybridized carbons (Fsp3) is 0.917. The lowest BCUT2D eigenvalue weighted by atomic mass is 9.77. The number of rotatable bonds is 3. The van der Waals surface area contributed by atoms with Crippen molar-refractivity contribution in [3.05, 3.63) is 0 Å². The van der Waals surface area contributed by atoms with E-state index in [0.717, 1.165) is 25.7 Å². The maximum absolute atomic E-state index is 11.0. The van der Waals surface area contributed by atoms with Gasteiger partial charge in [-0.05, 0) is 45.4 Å². The second-order valence-corrected chi connectivity index (χ2v) is 4.91. The Labute approximate surface area is 92.1 Å². The van der Waals surface area contributed by atoms with Crippen LogP contribution in [0, 0.1) is 5.92 Å². The first-order valence-electron chi connectivity index (χ1n) is 5.68. The van der Waals surface area contributed by atoms with Gasteiger partial charge in [0.15, 0.2) is 0 Å². The van der Waals surface area contributed by atoms with Gasteiger partial charge in [-0.3, -0.25) is 4.79 Å². The molecule has 3 nitrogen and oxygen atoms in total. The molecular formula is C12H22O3. The van der Waals surface area contributed by atoms with E-state index in [1.165, 1.54) is 6.92 Å². The Morgan fingerprint density at radius 3 is 2.13 bits per heavy atom. The molecule has 0 spiro atoms. The molecule has 3 heteroatoms. The summed E-state index contributed by atoms with van der Waals surface area (Å²) in [5.41, 5.74) is -0.329. The molecule has 1 fully saturated rings. The summed E-state index contributed by atoms with van der Waals surface area (Å²) < 4.78 is 10.7. The Morgan fingerprint density at radius 2 is 1.73 bits per heavy atom. The van der Waals surface area contributed by atoms with Crippen molar-refractivity contribution in [2.75, 3.05) is 7.11 Å². The molecule has 0 saturated heterocycles. The first-order chi connectivity index (χ1) is 6.95. The number of hydrogen-bond acceptors (Lipinski definition) is 3. The van der Waals surface area contributed by atoms with E-state index in [2.05, 4.69) is 0 Å². The fourth-order valence-corrected chi connectivity index (χ4v) is 2.45. The quantitative estimate of drug-likeness (QED) is 0.677. The monoisotopic (exact) mass is 214 g/mol. The number of carbonyl (C=O) groups is 1. The molecule has 0 amide bonds. The van der Waals surface area contributed by atoms with Crippen LogP contribution >= 0.6 is 0 Å². The van der Waals surface area contributed by atoms with E-state index in [1.54, 1.807) is 7.11 Å². The minimum atomic E-state index is -0.329. The van der Waals surface area contributed by atoms with Crippen molar-refractivity contribution in [2.45, 2.75) is 58.2 Å². The molecule has 0 unspecified atom stereocenters. The second-order valence-electron chi connectivity index (χ2n) is 4.91. The zero-order chi connectivity index (χ0) is 11.5. The average Bonchev–Trinajstić information content (AvgIpc) is 2.16. The summed E-state index contributed by atoms with van der Waals surface area (Å²) in [7, 11) is 1.77. The molecule has 0 radical (unpaired) electrons. The lowest BCUT2D eigenvalue weighted by Gasteiger charge is -2.38. The van der Waals surface area contributed by atoms with Crippen molar-refractivity contribution in [1.29, 1.82) is 0 Å². The maximum Gasteiger partial charge on any atom is 0.303 e. The third-order valence-electron chi connectivity index (χ3n) is 3.40. The first kappa shape index (κ1) is 12.5. The topological polar surface area (TPSA) is 35.5 Å². The second kappa shape index (κ2) is 4.97. The van der Waals surface area contributed by atoms with Gasteiger partial charge in [0.2, 0.25) is 0 Å². The van der Waals surface area contributed by atoms with E-state index in [0.29, 0.717) is 12.0 Å². The highest BCUT2D eigenvalue weighted by Crippen LogP contribution is 2.35. The van der Waals surface area contributed by atoms with Crippen molar-refractivity contribution < 1.29 is 14.3 Å². The van der Waals surface area contributed by atoms with Crippen LogP contribution in [0.5, 0.6) is 0 Å². The largest absolute Gasteiger partial charge is 0.460 e. The Balaban J connectivity index is 2.47. The summed E-state index contributed by atoms with van der Waals surface area (Å²) in [6.45, 7) is 5.49. The van der Waals surface area contributed by atoms with E-state index in [9.17, 15) is 4.79 Å². The number of carbonyl (C=O) groups excluding carboxylic acids is 1. The van der Waals surface area contributed by atoms with Gasteiger partial charge in [0.25, 0.3) is 0 Å². The molecule has 1 aliphatic rings. The molecule has 0 aromatic heterocycles. The van der Waals surface area contributed by atoms with Crippen molar-refractivity contribution >= 4 is 5.97 Å². The fourth-order valence-electron chi connectivity index (χ4n) is 2.45. The molecule has 0 aromatic rings. The highest BCUT2D eigenvalue weighted by Gasteiger charge is 2.35. The lowest BCUT2D eigenvalue weighted by molar-refractivity contribution is -0.161. The van der Waals surface area contributed by atoms with Crippen LogP contribution in [-0.2, 0) is 14.3 Å². The van der Waals surface area contributed by atoms with Gasteiger partial charge >= 0.3 is 5.97 Å². The summed E-state index contributed by atoms with van der Waals surface area (Å²) in [5, 5.41) is 0. The molecule has 0 aliphatic heterocycles. The molecule has 0 bridgehead atoms. The number of methoxy groups -OCH3 is 1. The van der Waals surface area contributed by atoms with Gasteiger partial charge in [0.05, 0.1) is 6.10 Å². The molecule has 1 saturated carbocycles. The van der Waals surface area contributed by atoms with E-state index in [-0.39, 0.29) is 11.6 Å². The summed E-state index contributed by atoms with van der Waals surface area (Å²) >= 11 is 0. The molecule has 0 aromatic carbocycles. The van der Waals surface area contributed by atoms with Crippen molar-refractivity contribution in [3.8, 4) is 0 Å². The Morgan fingerprint density at radius 1 is 1.20 bits per heavy atom. The Bertz CT molecular complexity index is 215. The molecular weight excluding hydrogens is 192 g/mol. The van der Waals surface area contributed by atoms with E-state index in [4.69, 9.17) is 9.47 Å². The molecule has 1 aliphatic carbocycles. The predicted octanol–water partition coefficient (Wildman–Crippen LogP) is 2.53. The molecule has 1 rings (SSSR count). The molecule has 15 heavy (non-hydrogen) atoms. The summed E-state index contributed by atoms with van der Waals surface area (Å²) in [5.74, 6) is 0.279. The number of esters is 1. The van der Waals surface area contributed by atoms with Gasteiger partial charge in [-0.2, -0.15) is 0 Å². The normalized spacial score (nSPS) is 27.5. The number of ether oxygens (including phenoxy) is 2. The van der Waals surface area contributed by atoms with Crippen molar-refractivity contribution in [3.63, 3.8) is 0 Å². The smallest absolute Gasteiger partial charge is 0.303 e. The Hall–Kier alpha value is -0.570. The van der Waals surface area contributed by atoms with Gasteiger partial charge in [0, 0.05) is 14.0 Å². The molecule has 88 valence electrons. The highest BCUT2D eigenvalue weighted by atomic mass is 16.6. The summed E-state index contributed by atoms with van der Waals surface area (Å²) in [4.78, 5) is 11.0. The highest BCUT2D eigenvalue weighted by molar-refractivity contribution is 5.66. The minimum Gasteiger partial charge on any atom is -0.460 e. The SMILES string of the molecule is COC1CCC(C(C)(C)OC(C)=O)CC1. The average molecular weight is 214 g/mol. The summed E-state index contributed by atoms with van der Waals surface area (Å²) in [6, 6.07) is 0. The van der Waals surface area contributed by atoms with E-state index >= 15 is 0 Å². The van der Waals surface area contributed by atoms with E-state index < -0.39 is 0 Å². The summed E-state index contributed by atoms with van der Waals surface area (Å²) in [6.07, 6.45) is 4.71. The Kier molecular flexibility index (Phi) is 4.14. The van der Waals surface area contributed by atoms with Crippen LogP contribution in [0.2, 0.25) is 0 Å².